The van der Waals surface area contributed by atoms with Crippen molar-refractivity contribution in [1.29, 1.82) is 0 Å². The van der Waals surface area contributed by atoms with Crippen LogP contribution in [0.15, 0.2) is 52.4 Å². The zero-order valence-electron chi connectivity index (χ0n) is 16.8. The summed E-state index contributed by atoms with van der Waals surface area (Å²) in [5, 5.41) is 10.5. The number of fused-ring (bicyclic) bond motifs is 1. The third kappa shape index (κ3) is 4.70. The van der Waals surface area contributed by atoms with Gasteiger partial charge in [-0.25, -0.2) is 8.42 Å². The quantitative estimate of drug-likeness (QED) is 0.552. The van der Waals surface area contributed by atoms with E-state index in [2.05, 4.69) is 9.98 Å². The summed E-state index contributed by atoms with van der Waals surface area (Å²) in [6, 6.07) is 11.7. The molecule has 1 atom stereocenters. The molecule has 1 aliphatic heterocycles. The zero-order valence-corrected chi connectivity index (χ0v) is 18.4. The summed E-state index contributed by atoms with van der Waals surface area (Å²) in [5.41, 5.74) is 1.57. The molecule has 3 aromatic rings. The smallest absolute Gasteiger partial charge is 0.304 e. The number of aromatic amines is 1. The maximum atomic E-state index is 11.6. The van der Waals surface area contributed by atoms with Crippen LogP contribution >= 0.6 is 11.8 Å². The molecule has 2 aromatic carbocycles. The number of ether oxygens (including phenoxy) is 2. The van der Waals surface area contributed by atoms with Gasteiger partial charge in [-0.1, -0.05) is 11.8 Å². The van der Waals surface area contributed by atoms with E-state index in [1.807, 2.05) is 12.1 Å². The maximum Gasteiger partial charge on any atom is 0.304 e. The van der Waals surface area contributed by atoms with Crippen LogP contribution in [0.3, 0.4) is 0 Å². The Morgan fingerprint density at radius 1 is 1.23 bits per heavy atom. The standard InChI is InChI=1S/C21H20N2O6S2/c1-28-18-9-14(29-13-3-5-16(6-4-13)31(2,26)27)7-12-8-17(23-20(12)18)21-22-11-15(30-21)10-19(24)25/h3-9,15,23H,10-11H2,1-2H3,(H,24,25). The summed E-state index contributed by atoms with van der Waals surface area (Å²) in [4.78, 5) is 18.9. The van der Waals surface area contributed by atoms with Crippen LogP contribution in [0.1, 0.15) is 12.1 Å². The van der Waals surface area contributed by atoms with E-state index < -0.39 is 15.8 Å². The van der Waals surface area contributed by atoms with E-state index in [9.17, 15) is 13.2 Å². The molecule has 0 amide bonds. The van der Waals surface area contributed by atoms with Crippen molar-refractivity contribution in [3.8, 4) is 17.2 Å². The molecule has 10 heteroatoms. The third-order valence-corrected chi connectivity index (χ3v) is 7.07. The average molecular weight is 461 g/mol. The first kappa shape index (κ1) is 21.3. The van der Waals surface area contributed by atoms with Crippen molar-refractivity contribution in [1.82, 2.24) is 4.98 Å². The summed E-state index contributed by atoms with van der Waals surface area (Å²) in [6.45, 7) is 0.469. The number of aliphatic imine (C=N–C) groups is 1. The van der Waals surface area contributed by atoms with Crippen LogP contribution in [0.25, 0.3) is 10.9 Å². The Balaban J connectivity index is 1.60. The van der Waals surface area contributed by atoms with Crippen LogP contribution in [-0.4, -0.2) is 54.7 Å². The van der Waals surface area contributed by atoms with Crippen LogP contribution in [-0.2, 0) is 14.6 Å². The predicted octanol–water partition coefficient (Wildman–Crippen LogP) is 3.71. The summed E-state index contributed by atoms with van der Waals surface area (Å²) < 4.78 is 34.6. The first-order valence-electron chi connectivity index (χ1n) is 9.35. The number of nitrogens with zero attached hydrogens (tertiary/aromatic N) is 1. The molecular formula is C21H20N2O6S2. The number of methoxy groups -OCH3 is 1. The van der Waals surface area contributed by atoms with Gasteiger partial charge >= 0.3 is 5.97 Å². The molecule has 1 aliphatic rings. The van der Waals surface area contributed by atoms with Crippen LogP contribution in [0.5, 0.6) is 17.2 Å². The van der Waals surface area contributed by atoms with Gasteiger partial charge in [0.15, 0.2) is 9.84 Å². The van der Waals surface area contributed by atoms with Crippen molar-refractivity contribution >= 4 is 43.5 Å². The van der Waals surface area contributed by atoms with Crippen LogP contribution < -0.4 is 9.47 Å². The lowest BCUT2D eigenvalue weighted by Gasteiger charge is -2.09. The van der Waals surface area contributed by atoms with Crippen molar-refractivity contribution in [2.45, 2.75) is 16.6 Å². The van der Waals surface area contributed by atoms with Crippen molar-refractivity contribution in [3.63, 3.8) is 0 Å². The Hall–Kier alpha value is -2.98. The Kier molecular flexibility index (Phi) is 5.67. The van der Waals surface area contributed by atoms with E-state index in [-0.39, 0.29) is 16.6 Å². The molecule has 0 spiro atoms. The minimum Gasteiger partial charge on any atom is -0.494 e. The second-order valence-corrected chi connectivity index (χ2v) is 10.4. The Morgan fingerprint density at radius 3 is 2.61 bits per heavy atom. The summed E-state index contributed by atoms with van der Waals surface area (Å²) in [6.07, 6.45) is 1.22. The normalized spacial score (nSPS) is 16.3. The van der Waals surface area contributed by atoms with E-state index in [1.165, 1.54) is 23.9 Å². The largest absolute Gasteiger partial charge is 0.494 e. The number of hydrogen-bond acceptors (Lipinski definition) is 7. The molecule has 162 valence electrons. The molecular weight excluding hydrogens is 440 g/mol. The minimum absolute atomic E-state index is 0.0668. The van der Waals surface area contributed by atoms with Gasteiger partial charge in [0.2, 0.25) is 0 Å². The van der Waals surface area contributed by atoms with Gasteiger partial charge in [0, 0.05) is 23.0 Å². The second-order valence-electron chi connectivity index (χ2n) is 7.10. The number of carbonyl (C=O) groups is 1. The molecule has 31 heavy (non-hydrogen) atoms. The van der Waals surface area contributed by atoms with Gasteiger partial charge in [-0.2, -0.15) is 0 Å². The van der Waals surface area contributed by atoms with Crippen LogP contribution in [0.2, 0.25) is 0 Å². The number of thioether (sulfide) groups is 1. The van der Waals surface area contributed by atoms with E-state index in [4.69, 9.17) is 14.6 Å². The number of carboxylic acids is 1. The minimum atomic E-state index is -3.27. The number of nitrogens with one attached hydrogen (secondary N) is 1. The molecule has 0 saturated heterocycles. The monoisotopic (exact) mass is 460 g/mol. The summed E-state index contributed by atoms with van der Waals surface area (Å²) in [7, 11) is -1.71. The topological polar surface area (TPSA) is 118 Å². The highest BCUT2D eigenvalue weighted by atomic mass is 32.2. The van der Waals surface area contributed by atoms with Gasteiger partial charge in [-0.15, -0.1) is 0 Å². The summed E-state index contributed by atoms with van der Waals surface area (Å²) >= 11 is 1.45. The van der Waals surface area contributed by atoms with Crippen molar-refractivity contribution < 1.29 is 27.8 Å². The molecule has 2 heterocycles. The molecule has 8 nitrogen and oxygen atoms in total. The van der Waals surface area contributed by atoms with Crippen molar-refractivity contribution in [2.24, 2.45) is 4.99 Å². The fourth-order valence-electron chi connectivity index (χ4n) is 3.28. The van der Waals surface area contributed by atoms with E-state index in [0.29, 0.717) is 23.8 Å². The molecule has 4 rings (SSSR count). The molecule has 2 N–H and O–H groups in total. The number of sulfone groups is 1. The van der Waals surface area contributed by atoms with Gasteiger partial charge < -0.3 is 19.6 Å². The number of benzene rings is 2. The Morgan fingerprint density at radius 2 is 1.97 bits per heavy atom. The molecule has 1 unspecified atom stereocenters. The molecule has 0 saturated carbocycles. The fourth-order valence-corrected chi connectivity index (χ4v) is 4.98. The maximum absolute atomic E-state index is 11.6. The number of H-pyrrole nitrogens is 1. The van der Waals surface area contributed by atoms with E-state index >= 15 is 0 Å². The average Bonchev–Trinajstić information content (AvgIpc) is 3.33. The SMILES string of the molecule is COc1cc(Oc2ccc(S(C)(=O)=O)cc2)cc2cc(C3=NCC(CC(=O)O)S3)[nH]c12. The lowest BCUT2D eigenvalue weighted by atomic mass is 10.2. The Bertz CT molecular complexity index is 1280. The van der Waals surface area contributed by atoms with Gasteiger partial charge in [0.05, 0.1) is 36.2 Å². The van der Waals surface area contributed by atoms with Gasteiger partial charge in [0.25, 0.3) is 0 Å². The summed E-state index contributed by atoms with van der Waals surface area (Å²) in [5.74, 6) is 0.777. The molecule has 0 radical (unpaired) electrons. The van der Waals surface area contributed by atoms with Gasteiger partial charge in [-0.05, 0) is 36.4 Å². The zero-order chi connectivity index (χ0) is 22.2. The highest BCUT2D eigenvalue weighted by molar-refractivity contribution is 8.15. The van der Waals surface area contributed by atoms with Crippen LogP contribution in [0.4, 0.5) is 0 Å². The number of aliphatic carboxylic acids is 1. The van der Waals surface area contributed by atoms with Gasteiger partial charge in [-0.3, -0.25) is 9.79 Å². The lowest BCUT2D eigenvalue weighted by Crippen LogP contribution is -2.10. The van der Waals surface area contributed by atoms with Crippen molar-refractivity contribution in [3.05, 3.63) is 48.2 Å². The molecule has 1 aromatic heterocycles. The van der Waals surface area contributed by atoms with Crippen LogP contribution in [0, 0.1) is 0 Å². The van der Waals surface area contributed by atoms with Crippen molar-refractivity contribution in [2.75, 3.05) is 19.9 Å². The van der Waals surface area contributed by atoms with E-state index in [0.717, 1.165) is 27.9 Å². The highest BCUT2D eigenvalue weighted by Gasteiger charge is 2.24. The fraction of sp³-hybridized carbons (Fsp3) is 0.238. The van der Waals surface area contributed by atoms with Gasteiger partial charge in [0.1, 0.15) is 22.3 Å². The number of hydrogen-bond donors (Lipinski definition) is 2. The number of carboxylic acid groups (broad SMARTS) is 1. The molecule has 0 aliphatic carbocycles. The first-order chi connectivity index (χ1) is 14.7. The lowest BCUT2D eigenvalue weighted by molar-refractivity contribution is -0.136. The molecule has 0 fully saturated rings. The third-order valence-electron chi connectivity index (χ3n) is 4.72. The second kappa shape index (κ2) is 8.27. The predicted molar refractivity (Wildman–Crippen MR) is 120 cm³/mol. The number of aromatic nitrogens is 1. The van der Waals surface area contributed by atoms with E-state index in [1.54, 1.807) is 25.3 Å². The molecule has 0 bridgehead atoms. The first-order valence-corrected chi connectivity index (χ1v) is 12.1. The Labute approximate surface area is 183 Å². The number of rotatable bonds is 7. The highest BCUT2D eigenvalue weighted by Crippen LogP contribution is 2.36.